The lowest BCUT2D eigenvalue weighted by Gasteiger charge is -2.04. The van der Waals surface area contributed by atoms with Gasteiger partial charge < -0.3 is 4.74 Å². The van der Waals surface area contributed by atoms with Crippen molar-refractivity contribution in [2.75, 3.05) is 7.11 Å². The smallest absolute Gasteiger partial charge is 0.143 e. The molecule has 0 saturated heterocycles. The van der Waals surface area contributed by atoms with Crippen LogP contribution >= 0.6 is 0 Å². The first-order valence-corrected chi connectivity index (χ1v) is 4.16. The van der Waals surface area contributed by atoms with Crippen LogP contribution in [0.5, 0.6) is 5.75 Å². The highest BCUT2D eigenvalue weighted by Gasteiger charge is 2.05. The van der Waals surface area contributed by atoms with Gasteiger partial charge in [-0.05, 0) is 28.6 Å². The summed E-state index contributed by atoms with van der Waals surface area (Å²) in [7, 11) is 1.52. The number of nitriles is 1. The molecule has 0 saturated carbocycles. The summed E-state index contributed by atoms with van der Waals surface area (Å²) in [6.45, 7) is 0. The van der Waals surface area contributed by atoms with E-state index in [2.05, 4.69) is 15.5 Å². The number of rotatable bonds is 2. The fourth-order valence-corrected chi connectivity index (χ4v) is 1.21. The maximum absolute atomic E-state index is 8.88. The largest absolute Gasteiger partial charge is 0.495 e. The number of aromatic nitrogens is 4. The van der Waals surface area contributed by atoms with Gasteiger partial charge in [0.05, 0.1) is 18.4 Å². The second-order valence-electron chi connectivity index (χ2n) is 2.75. The molecule has 1 aromatic heterocycles. The summed E-state index contributed by atoms with van der Waals surface area (Å²) in [5.74, 6) is 0.536. The van der Waals surface area contributed by atoms with Gasteiger partial charge in [0, 0.05) is 0 Å². The second kappa shape index (κ2) is 3.75. The predicted octanol–water partition coefficient (Wildman–Crippen LogP) is 0.543. The number of tetrazole rings is 1. The van der Waals surface area contributed by atoms with Crippen molar-refractivity contribution in [3.8, 4) is 17.5 Å². The summed E-state index contributed by atoms with van der Waals surface area (Å²) >= 11 is 0. The Kier molecular flexibility index (Phi) is 2.29. The molecule has 6 heteroatoms. The van der Waals surface area contributed by atoms with Gasteiger partial charge in [-0.2, -0.15) is 5.26 Å². The van der Waals surface area contributed by atoms with Gasteiger partial charge in [0.25, 0.3) is 0 Å². The van der Waals surface area contributed by atoms with Gasteiger partial charge in [-0.1, -0.05) is 0 Å². The first kappa shape index (κ1) is 9.15. The van der Waals surface area contributed by atoms with Crippen molar-refractivity contribution in [1.82, 2.24) is 20.2 Å². The Morgan fingerprint density at radius 3 is 2.93 bits per heavy atom. The van der Waals surface area contributed by atoms with Gasteiger partial charge in [0.15, 0.2) is 0 Å². The average Bonchev–Trinajstić information content (AvgIpc) is 2.81. The van der Waals surface area contributed by atoms with Crippen LogP contribution in [0.25, 0.3) is 5.69 Å². The molecule has 6 nitrogen and oxygen atoms in total. The topological polar surface area (TPSA) is 76.6 Å². The molecule has 2 rings (SSSR count). The fraction of sp³-hybridized carbons (Fsp3) is 0.111. The van der Waals surface area contributed by atoms with Crippen molar-refractivity contribution in [3.05, 3.63) is 30.1 Å². The summed E-state index contributed by atoms with van der Waals surface area (Å²) in [4.78, 5) is 0. The van der Waals surface area contributed by atoms with Crippen LogP contribution in [0.4, 0.5) is 0 Å². The standard InChI is InChI=1S/C9H7N5O/c1-15-9-3-2-8(4-7(9)5-10)14-6-11-12-13-14/h2-4,6H,1H3/i5+2. The third-order valence-electron chi connectivity index (χ3n) is 1.92. The van der Waals surface area contributed by atoms with Crippen LogP contribution in [0, 0.1) is 11.3 Å². The van der Waals surface area contributed by atoms with Gasteiger partial charge in [-0.25, -0.2) is 4.68 Å². The highest BCUT2D eigenvalue weighted by atomic mass is 16.5. The molecule has 0 spiro atoms. The van der Waals surface area contributed by atoms with Crippen LogP contribution in [0.3, 0.4) is 0 Å². The van der Waals surface area contributed by atoms with Crippen molar-refractivity contribution in [2.45, 2.75) is 0 Å². The van der Waals surface area contributed by atoms with Crippen molar-refractivity contribution in [3.63, 3.8) is 0 Å². The van der Waals surface area contributed by atoms with Gasteiger partial charge >= 0.3 is 0 Å². The monoisotopic (exact) mass is 203 g/mol. The Morgan fingerprint density at radius 1 is 1.47 bits per heavy atom. The molecular weight excluding hydrogens is 196 g/mol. The Morgan fingerprint density at radius 2 is 2.33 bits per heavy atom. The predicted molar refractivity (Wildman–Crippen MR) is 50.4 cm³/mol. The van der Waals surface area contributed by atoms with Gasteiger partial charge in [0.1, 0.15) is 18.1 Å². The molecule has 0 atom stereocenters. The number of benzene rings is 1. The molecule has 74 valence electrons. The van der Waals surface area contributed by atoms with Gasteiger partial charge in [-0.15, -0.1) is 5.10 Å². The third-order valence-corrected chi connectivity index (χ3v) is 1.92. The Bertz CT molecular complexity index is 500. The molecule has 0 radical (unpaired) electrons. The summed E-state index contributed by atoms with van der Waals surface area (Å²) in [5, 5.41) is 19.6. The first-order valence-electron chi connectivity index (χ1n) is 4.16. The Balaban J connectivity index is 2.49. The van der Waals surface area contributed by atoms with Gasteiger partial charge in [0.2, 0.25) is 0 Å². The quantitative estimate of drug-likeness (QED) is 0.712. The van der Waals surface area contributed by atoms with Crippen molar-refractivity contribution >= 4 is 0 Å². The van der Waals surface area contributed by atoms with Crippen molar-refractivity contribution in [2.24, 2.45) is 0 Å². The maximum atomic E-state index is 8.88. The van der Waals surface area contributed by atoms with E-state index in [1.807, 2.05) is 6.07 Å². The van der Waals surface area contributed by atoms with E-state index >= 15 is 0 Å². The van der Waals surface area contributed by atoms with Crippen molar-refractivity contribution < 1.29 is 4.74 Å². The van der Waals surface area contributed by atoms with E-state index in [0.29, 0.717) is 11.3 Å². The molecule has 0 unspecified atom stereocenters. The highest BCUT2D eigenvalue weighted by Crippen LogP contribution is 2.20. The molecule has 0 fully saturated rings. The summed E-state index contributed by atoms with van der Waals surface area (Å²) < 4.78 is 6.50. The average molecular weight is 203 g/mol. The lowest BCUT2D eigenvalue weighted by molar-refractivity contribution is 0.413. The van der Waals surface area contributed by atoms with Gasteiger partial charge in [-0.3, -0.25) is 0 Å². The highest BCUT2D eigenvalue weighted by molar-refractivity contribution is 5.49. The van der Waals surface area contributed by atoms with Crippen LogP contribution in [0.15, 0.2) is 24.5 Å². The number of ether oxygens (including phenoxy) is 1. The summed E-state index contributed by atoms with van der Waals surface area (Å²) in [6, 6.07) is 7.18. The lowest BCUT2D eigenvalue weighted by Crippen LogP contribution is -1.97. The molecule has 0 aliphatic rings. The minimum absolute atomic E-state index is 0.450. The lowest BCUT2D eigenvalue weighted by atomic mass is 10.2. The second-order valence-corrected chi connectivity index (χ2v) is 2.75. The number of nitrogens with zero attached hydrogens (tertiary/aromatic N) is 5. The Hall–Kier alpha value is -2.42. The van der Waals surface area contributed by atoms with E-state index in [4.69, 9.17) is 10.00 Å². The number of hydrogen-bond acceptors (Lipinski definition) is 5. The summed E-state index contributed by atoms with van der Waals surface area (Å²) in [5.41, 5.74) is 1.17. The fourth-order valence-electron chi connectivity index (χ4n) is 1.21. The normalized spacial score (nSPS) is 9.60. The number of methoxy groups -OCH3 is 1. The molecule has 15 heavy (non-hydrogen) atoms. The molecule has 0 aliphatic heterocycles. The van der Waals surface area contributed by atoms with Crippen LogP contribution in [-0.4, -0.2) is 27.3 Å². The maximum Gasteiger partial charge on any atom is 0.143 e. The molecule has 0 bridgehead atoms. The van der Waals surface area contributed by atoms with E-state index in [0.717, 1.165) is 5.69 Å². The van der Waals surface area contributed by atoms with E-state index in [-0.39, 0.29) is 0 Å². The molecular formula is C9H7N5O. The summed E-state index contributed by atoms with van der Waals surface area (Å²) in [6.07, 6.45) is 1.46. The zero-order valence-corrected chi connectivity index (χ0v) is 7.95. The Labute approximate surface area is 85.7 Å². The van der Waals surface area contributed by atoms with Crippen LogP contribution in [0.2, 0.25) is 0 Å². The molecule has 0 aliphatic carbocycles. The minimum Gasteiger partial charge on any atom is -0.495 e. The van der Waals surface area contributed by atoms with E-state index in [1.54, 1.807) is 18.2 Å². The third kappa shape index (κ3) is 1.62. The zero-order valence-electron chi connectivity index (χ0n) is 7.95. The molecule has 1 heterocycles. The minimum atomic E-state index is 0.450. The number of hydrogen-bond donors (Lipinski definition) is 0. The van der Waals surface area contributed by atoms with Crippen LogP contribution in [0.1, 0.15) is 5.56 Å². The van der Waals surface area contributed by atoms with E-state index < -0.39 is 0 Å². The van der Waals surface area contributed by atoms with E-state index in [9.17, 15) is 0 Å². The molecule has 0 N–H and O–H groups in total. The van der Waals surface area contributed by atoms with Crippen molar-refractivity contribution in [1.29, 1.82) is 5.26 Å². The SMILES string of the molecule is COc1ccc(-n2cnnn2)cc1[14C]#N. The van der Waals surface area contributed by atoms with E-state index in [1.165, 1.54) is 18.1 Å². The molecule has 0 amide bonds. The molecule has 2 aromatic rings. The van der Waals surface area contributed by atoms with Crippen LogP contribution < -0.4 is 4.74 Å². The first-order chi connectivity index (χ1) is 7.35. The zero-order chi connectivity index (χ0) is 10.7. The van der Waals surface area contributed by atoms with Crippen LogP contribution in [-0.2, 0) is 0 Å². The molecule has 1 aromatic carbocycles.